The molecule has 5 atom stereocenters. The van der Waals surface area contributed by atoms with Crippen molar-refractivity contribution in [1.29, 1.82) is 5.26 Å². The zero-order valence-corrected chi connectivity index (χ0v) is 21.2. The molecule has 2 N–H and O–H groups in total. The number of hydrogen-bond acceptors (Lipinski definition) is 5. The van der Waals surface area contributed by atoms with Crippen LogP contribution >= 0.6 is 0 Å². The number of alkyl halides is 6. The van der Waals surface area contributed by atoms with Crippen molar-refractivity contribution in [1.82, 2.24) is 20.5 Å². The Morgan fingerprint density at radius 3 is 2.24 bits per heavy atom. The summed E-state index contributed by atoms with van der Waals surface area (Å²) in [6.07, 6.45) is -8.40. The lowest BCUT2D eigenvalue weighted by Crippen LogP contribution is -2.60. The van der Waals surface area contributed by atoms with Crippen LogP contribution in [0.3, 0.4) is 0 Å². The van der Waals surface area contributed by atoms with E-state index < -0.39 is 76.1 Å². The Morgan fingerprint density at radius 2 is 1.74 bits per heavy atom. The van der Waals surface area contributed by atoms with E-state index in [-0.39, 0.29) is 12.5 Å². The third-order valence-corrected chi connectivity index (χ3v) is 7.29. The van der Waals surface area contributed by atoms with Gasteiger partial charge < -0.3 is 15.5 Å². The number of nitrogens with one attached hydrogen (secondary N) is 2. The third-order valence-electron chi connectivity index (χ3n) is 7.29. The highest BCUT2D eigenvalue weighted by atomic mass is 19.4. The van der Waals surface area contributed by atoms with Crippen LogP contribution in [0.1, 0.15) is 51.8 Å². The summed E-state index contributed by atoms with van der Waals surface area (Å²) in [6.45, 7) is 7.95. The molecule has 0 bridgehead atoms. The molecular weight excluding hydrogens is 520 g/mol. The molecular formula is C24H27F6N5O3. The fourth-order valence-electron chi connectivity index (χ4n) is 5.14. The van der Waals surface area contributed by atoms with Crippen LogP contribution in [0.15, 0.2) is 18.5 Å². The number of fused-ring (bicyclic) bond motifs is 1. The van der Waals surface area contributed by atoms with Gasteiger partial charge in [0.25, 0.3) is 0 Å². The zero-order valence-electron chi connectivity index (χ0n) is 21.2. The summed E-state index contributed by atoms with van der Waals surface area (Å²) in [4.78, 5) is 43.2. The molecule has 1 aliphatic carbocycles. The fraction of sp³-hybridized carbons (Fsp3) is 0.625. The van der Waals surface area contributed by atoms with Gasteiger partial charge in [0.15, 0.2) is 0 Å². The van der Waals surface area contributed by atoms with Crippen molar-refractivity contribution < 1.29 is 40.7 Å². The molecule has 1 aromatic rings. The van der Waals surface area contributed by atoms with Crippen molar-refractivity contribution in [3.8, 4) is 6.07 Å². The normalized spacial score (nSPS) is 24.1. The molecule has 2 aliphatic rings. The van der Waals surface area contributed by atoms with Crippen LogP contribution in [0.4, 0.5) is 26.3 Å². The number of piperidine rings is 1. The molecule has 2 fully saturated rings. The molecule has 14 heteroatoms. The molecule has 3 rings (SSSR count). The highest BCUT2D eigenvalue weighted by molar-refractivity contribution is 5.95. The van der Waals surface area contributed by atoms with E-state index in [4.69, 9.17) is 0 Å². The summed E-state index contributed by atoms with van der Waals surface area (Å²) in [5.41, 5.74) is -3.40. The SMILES string of the molecule is CC(C)(C)[C@H](NC(=O)C(F)(F)F)C(=O)N1C[C@H]2[C@@H]([C@H]1C(=O)N[C@H](C#N)c1cnccc1C(F)(F)F)C2(C)C. The minimum atomic E-state index is -5.25. The number of hydrogen-bond donors (Lipinski definition) is 2. The van der Waals surface area contributed by atoms with Crippen LogP contribution < -0.4 is 10.6 Å². The van der Waals surface area contributed by atoms with Crippen molar-refractivity contribution in [3.63, 3.8) is 0 Å². The number of carbonyl (C=O) groups excluding carboxylic acids is 3. The second-order valence-electron chi connectivity index (χ2n) is 11.2. The summed E-state index contributed by atoms with van der Waals surface area (Å²) in [5, 5.41) is 13.6. The van der Waals surface area contributed by atoms with E-state index in [2.05, 4.69) is 10.3 Å². The van der Waals surface area contributed by atoms with Crippen LogP contribution in [-0.4, -0.2) is 52.4 Å². The summed E-state index contributed by atoms with van der Waals surface area (Å²) in [7, 11) is 0. The Morgan fingerprint density at radius 1 is 1.13 bits per heavy atom. The van der Waals surface area contributed by atoms with Gasteiger partial charge in [-0.3, -0.25) is 19.4 Å². The number of amides is 3. The van der Waals surface area contributed by atoms with Gasteiger partial charge in [-0.15, -0.1) is 0 Å². The maximum atomic E-state index is 13.5. The molecule has 208 valence electrons. The molecule has 1 saturated carbocycles. The number of halogens is 6. The second-order valence-corrected chi connectivity index (χ2v) is 11.2. The second kappa shape index (κ2) is 9.43. The topological polar surface area (TPSA) is 115 Å². The lowest BCUT2D eigenvalue weighted by Gasteiger charge is -2.37. The fourth-order valence-corrected chi connectivity index (χ4v) is 5.14. The highest BCUT2D eigenvalue weighted by Crippen LogP contribution is 2.65. The van der Waals surface area contributed by atoms with Gasteiger partial charge in [0.05, 0.1) is 11.6 Å². The average Bonchev–Trinajstić information content (AvgIpc) is 3.12. The zero-order chi connectivity index (χ0) is 29.0. The van der Waals surface area contributed by atoms with Gasteiger partial charge in [-0.1, -0.05) is 34.6 Å². The van der Waals surface area contributed by atoms with E-state index in [0.29, 0.717) is 6.07 Å². The minimum absolute atomic E-state index is 0.0129. The number of rotatable bonds is 5. The monoisotopic (exact) mass is 547 g/mol. The summed E-state index contributed by atoms with van der Waals surface area (Å²) in [6, 6.07) is -2.44. The lowest BCUT2D eigenvalue weighted by atomic mass is 9.85. The quantitative estimate of drug-likeness (QED) is 0.549. The predicted octanol–water partition coefficient (Wildman–Crippen LogP) is 3.36. The van der Waals surface area contributed by atoms with Gasteiger partial charge in [-0.25, -0.2) is 0 Å². The number of pyridine rings is 1. The largest absolute Gasteiger partial charge is 0.471 e. The first-order valence-electron chi connectivity index (χ1n) is 11.6. The van der Waals surface area contributed by atoms with Crippen LogP contribution in [0.25, 0.3) is 0 Å². The molecule has 1 aromatic heterocycles. The maximum Gasteiger partial charge on any atom is 0.471 e. The van der Waals surface area contributed by atoms with E-state index >= 15 is 0 Å². The van der Waals surface area contributed by atoms with Gasteiger partial charge >= 0.3 is 18.3 Å². The number of nitriles is 1. The van der Waals surface area contributed by atoms with Crippen LogP contribution in [-0.2, 0) is 20.6 Å². The number of aromatic nitrogens is 1. The van der Waals surface area contributed by atoms with E-state index in [1.807, 2.05) is 13.8 Å². The van der Waals surface area contributed by atoms with E-state index in [1.54, 1.807) is 11.4 Å². The van der Waals surface area contributed by atoms with E-state index in [0.717, 1.165) is 17.3 Å². The Kier molecular flexibility index (Phi) is 7.24. The van der Waals surface area contributed by atoms with Gasteiger partial charge in [-0.2, -0.15) is 31.6 Å². The Bertz CT molecular complexity index is 1170. The Balaban J connectivity index is 1.93. The predicted molar refractivity (Wildman–Crippen MR) is 119 cm³/mol. The van der Waals surface area contributed by atoms with Crippen molar-refractivity contribution in [2.75, 3.05) is 6.54 Å². The third kappa shape index (κ3) is 5.42. The first-order chi connectivity index (χ1) is 17.2. The van der Waals surface area contributed by atoms with Gasteiger partial charge in [0.2, 0.25) is 11.8 Å². The molecule has 0 aromatic carbocycles. The molecule has 0 radical (unpaired) electrons. The minimum Gasteiger partial charge on any atom is -0.336 e. The number of nitrogens with zero attached hydrogens (tertiary/aromatic N) is 3. The Hall–Kier alpha value is -3.37. The van der Waals surface area contributed by atoms with Crippen LogP contribution in [0.5, 0.6) is 0 Å². The molecule has 1 aliphatic heterocycles. The van der Waals surface area contributed by atoms with Crippen molar-refractivity contribution in [2.24, 2.45) is 22.7 Å². The molecule has 3 amide bonds. The molecule has 38 heavy (non-hydrogen) atoms. The van der Waals surface area contributed by atoms with Crippen LogP contribution in [0, 0.1) is 34.0 Å². The Labute approximate surface area is 214 Å². The first kappa shape index (κ1) is 29.2. The van der Waals surface area contributed by atoms with Crippen molar-refractivity contribution >= 4 is 17.7 Å². The highest BCUT2D eigenvalue weighted by Gasteiger charge is 2.70. The molecule has 1 saturated heterocycles. The van der Waals surface area contributed by atoms with Gasteiger partial charge in [-0.05, 0) is 28.7 Å². The molecule has 0 spiro atoms. The maximum absolute atomic E-state index is 13.5. The number of carbonyl (C=O) groups is 3. The first-order valence-corrected chi connectivity index (χ1v) is 11.6. The smallest absolute Gasteiger partial charge is 0.336 e. The molecule has 0 unspecified atom stereocenters. The summed E-state index contributed by atoms with van der Waals surface area (Å²) < 4.78 is 79.4. The summed E-state index contributed by atoms with van der Waals surface area (Å²) >= 11 is 0. The lowest BCUT2D eigenvalue weighted by molar-refractivity contribution is -0.176. The summed E-state index contributed by atoms with van der Waals surface area (Å²) in [5.74, 6) is -4.87. The average molecular weight is 548 g/mol. The van der Waals surface area contributed by atoms with Gasteiger partial charge in [0, 0.05) is 24.5 Å². The standard InChI is InChI=1S/C24H27F6N5O3/c1-21(2,3)17(34-20(38)24(28,29)30)19(37)35-10-13-15(22(13,4)5)16(35)18(36)33-14(8-31)11-9-32-7-6-12(11)23(25,26)27/h6-7,9,13-17H,10H2,1-5H3,(H,33,36)(H,34,38)/t13-,14+,15-,16-,17+/m0/s1. The van der Waals surface area contributed by atoms with Crippen molar-refractivity contribution in [3.05, 3.63) is 29.6 Å². The number of likely N-dealkylation sites (tertiary alicyclic amines) is 1. The van der Waals surface area contributed by atoms with Crippen molar-refractivity contribution in [2.45, 2.75) is 65.1 Å². The van der Waals surface area contributed by atoms with E-state index in [9.17, 15) is 46.0 Å². The van der Waals surface area contributed by atoms with E-state index in [1.165, 1.54) is 20.8 Å². The molecule has 8 nitrogen and oxygen atoms in total. The van der Waals surface area contributed by atoms with Gasteiger partial charge in [0.1, 0.15) is 18.1 Å². The molecule has 2 heterocycles. The van der Waals surface area contributed by atoms with Crippen LogP contribution in [0.2, 0.25) is 0 Å².